The normalized spacial score (nSPS) is 24.5. The summed E-state index contributed by atoms with van der Waals surface area (Å²) in [4.78, 5) is 22.8. The Balaban J connectivity index is 1.48. The van der Waals surface area contributed by atoms with E-state index in [1.54, 1.807) is 11.0 Å². The minimum absolute atomic E-state index is 0.0694. The van der Waals surface area contributed by atoms with E-state index in [4.69, 9.17) is 0 Å². The van der Waals surface area contributed by atoms with Gasteiger partial charge in [-0.25, -0.2) is 28.1 Å². The Morgan fingerprint density at radius 1 is 1.16 bits per heavy atom. The molecular weight excluding hydrogens is 431 g/mol. The highest BCUT2D eigenvalue weighted by Crippen LogP contribution is 2.34. The first-order valence-electron chi connectivity index (χ1n) is 9.69. The van der Waals surface area contributed by atoms with Gasteiger partial charge in [-0.05, 0) is 24.1 Å². The first-order valence-corrected chi connectivity index (χ1v) is 11.3. The van der Waals surface area contributed by atoms with Crippen molar-refractivity contribution >= 4 is 28.7 Å². The Bertz CT molecular complexity index is 1030. The van der Waals surface area contributed by atoms with Gasteiger partial charge in [0.2, 0.25) is 5.91 Å². The SMILES string of the molecule is C[S@](=O)c1cc(N2CC[C@H](C(=O)N3N=CC[C@H]3c3cc(F)cc(F)c3)[C@H](F)C2)ncn1. The first-order chi connectivity index (χ1) is 14.8. The topological polar surface area (TPSA) is 78.8 Å². The monoisotopic (exact) mass is 451 g/mol. The highest BCUT2D eigenvalue weighted by molar-refractivity contribution is 7.84. The molecule has 7 nitrogen and oxygen atoms in total. The molecule has 2 aliphatic rings. The van der Waals surface area contributed by atoms with E-state index in [1.165, 1.54) is 18.8 Å². The summed E-state index contributed by atoms with van der Waals surface area (Å²) in [6.45, 7) is 0.292. The number of anilines is 1. The zero-order valence-corrected chi connectivity index (χ0v) is 17.4. The molecule has 11 heteroatoms. The number of rotatable bonds is 4. The molecule has 0 unspecified atom stereocenters. The van der Waals surface area contributed by atoms with Crippen molar-refractivity contribution in [2.75, 3.05) is 24.2 Å². The lowest BCUT2D eigenvalue weighted by Crippen LogP contribution is -2.48. The number of alkyl halides is 1. The van der Waals surface area contributed by atoms with Crippen LogP contribution < -0.4 is 4.90 Å². The maximum atomic E-state index is 15.0. The molecule has 1 amide bonds. The quantitative estimate of drug-likeness (QED) is 0.668. The Hall–Kier alpha value is -2.82. The molecule has 0 spiro atoms. The number of benzene rings is 1. The molecule has 31 heavy (non-hydrogen) atoms. The Morgan fingerprint density at radius 2 is 1.90 bits per heavy atom. The number of amides is 1. The fourth-order valence-electron chi connectivity index (χ4n) is 3.89. The van der Waals surface area contributed by atoms with Crippen molar-refractivity contribution in [1.82, 2.24) is 15.0 Å². The third-order valence-corrected chi connectivity index (χ3v) is 6.24. The number of halogens is 3. The van der Waals surface area contributed by atoms with Gasteiger partial charge in [0.15, 0.2) is 0 Å². The molecule has 0 aliphatic carbocycles. The first kappa shape index (κ1) is 21.4. The molecular formula is C20H20F3N5O2S. The highest BCUT2D eigenvalue weighted by atomic mass is 32.2. The molecule has 2 aromatic rings. The van der Waals surface area contributed by atoms with Gasteiger partial charge in [0.25, 0.3) is 0 Å². The summed E-state index contributed by atoms with van der Waals surface area (Å²) >= 11 is 0. The van der Waals surface area contributed by atoms with E-state index in [9.17, 15) is 17.8 Å². The fourth-order valence-corrected chi connectivity index (χ4v) is 4.36. The molecule has 3 heterocycles. The Morgan fingerprint density at radius 3 is 2.58 bits per heavy atom. The second kappa shape index (κ2) is 8.74. The summed E-state index contributed by atoms with van der Waals surface area (Å²) in [5.74, 6) is -2.50. The maximum absolute atomic E-state index is 15.0. The minimum atomic E-state index is -1.49. The average molecular weight is 451 g/mol. The number of carbonyl (C=O) groups is 1. The molecule has 1 aromatic carbocycles. The second-order valence-corrected chi connectivity index (χ2v) is 8.79. The van der Waals surface area contributed by atoms with Crippen LogP contribution in [0.4, 0.5) is 19.0 Å². The Kier molecular flexibility index (Phi) is 6.03. The van der Waals surface area contributed by atoms with E-state index < -0.39 is 46.5 Å². The van der Waals surface area contributed by atoms with Crippen LogP contribution in [0.25, 0.3) is 0 Å². The van der Waals surface area contributed by atoms with Crippen molar-refractivity contribution < 1.29 is 22.2 Å². The lowest BCUT2D eigenvalue weighted by Gasteiger charge is -2.36. The molecule has 1 aromatic heterocycles. The van der Waals surface area contributed by atoms with Crippen LogP contribution in [-0.4, -0.2) is 56.8 Å². The lowest BCUT2D eigenvalue weighted by atomic mass is 9.92. The van der Waals surface area contributed by atoms with E-state index in [0.29, 0.717) is 23.8 Å². The van der Waals surface area contributed by atoms with Crippen LogP contribution in [-0.2, 0) is 15.6 Å². The number of hydrogen-bond acceptors (Lipinski definition) is 6. The van der Waals surface area contributed by atoms with Crippen LogP contribution in [0.15, 0.2) is 40.7 Å². The largest absolute Gasteiger partial charge is 0.354 e. The van der Waals surface area contributed by atoms with E-state index in [0.717, 1.165) is 23.2 Å². The van der Waals surface area contributed by atoms with Crippen molar-refractivity contribution in [3.63, 3.8) is 0 Å². The molecule has 0 bridgehead atoms. The van der Waals surface area contributed by atoms with E-state index in [-0.39, 0.29) is 18.5 Å². The van der Waals surface area contributed by atoms with Crippen LogP contribution >= 0.6 is 0 Å². The number of nitrogens with zero attached hydrogens (tertiary/aromatic N) is 5. The average Bonchev–Trinajstić information content (AvgIpc) is 3.22. The number of carbonyl (C=O) groups excluding carboxylic acids is 1. The van der Waals surface area contributed by atoms with Gasteiger partial charge >= 0.3 is 0 Å². The van der Waals surface area contributed by atoms with Gasteiger partial charge in [-0.1, -0.05) is 0 Å². The molecule has 0 radical (unpaired) electrons. The standard InChI is InChI=1S/C20H20F3N5O2S/c1-31(30)19-9-18(24-11-25-19)27-5-3-15(16(23)10-27)20(29)28-17(2-4-26-28)12-6-13(21)8-14(22)7-12/h4,6-9,11,15-17H,2-3,5,10H2,1H3/t15-,16+,17-,31-/m0/s1. The van der Waals surface area contributed by atoms with Gasteiger partial charge < -0.3 is 4.90 Å². The Labute approximate surface area is 179 Å². The van der Waals surface area contributed by atoms with Gasteiger partial charge in [-0.2, -0.15) is 5.10 Å². The molecule has 4 atom stereocenters. The van der Waals surface area contributed by atoms with Crippen molar-refractivity contribution in [3.8, 4) is 0 Å². The van der Waals surface area contributed by atoms with E-state index in [1.807, 2.05) is 0 Å². The summed E-state index contributed by atoms with van der Waals surface area (Å²) in [5.41, 5.74) is 0.275. The van der Waals surface area contributed by atoms with Crippen molar-refractivity contribution in [2.45, 2.75) is 30.1 Å². The zero-order valence-electron chi connectivity index (χ0n) is 16.6. The van der Waals surface area contributed by atoms with Crippen LogP contribution in [0, 0.1) is 17.6 Å². The van der Waals surface area contributed by atoms with Crippen molar-refractivity contribution in [1.29, 1.82) is 0 Å². The van der Waals surface area contributed by atoms with E-state index >= 15 is 4.39 Å². The maximum Gasteiger partial charge on any atom is 0.249 e. The van der Waals surface area contributed by atoms with Crippen molar-refractivity contribution in [2.24, 2.45) is 11.0 Å². The van der Waals surface area contributed by atoms with Crippen molar-refractivity contribution in [3.05, 3.63) is 47.8 Å². The number of piperidine rings is 1. The molecule has 1 saturated heterocycles. The number of hydrogen-bond donors (Lipinski definition) is 0. The van der Waals surface area contributed by atoms with Gasteiger partial charge in [0, 0.05) is 37.6 Å². The second-order valence-electron chi connectivity index (χ2n) is 7.46. The molecule has 4 rings (SSSR count). The summed E-state index contributed by atoms with van der Waals surface area (Å²) < 4.78 is 53.9. The summed E-state index contributed by atoms with van der Waals surface area (Å²) in [6, 6.07) is 3.94. The van der Waals surface area contributed by atoms with Crippen LogP contribution in [0.1, 0.15) is 24.4 Å². The van der Waals surface area contributed by atoms with E-state index in [2.05, 4.69) is 15.1 Å². The lowest BCUT2D eigenvalue weighted by molar-refractivity contribution is -0.140. The fraction of sp³-hybridized carbons (Fsp3) is 0.400. The summed E-state index contributed by atoms with van der Waals surface area (Å²) in [6.07, 6.45) is 3.27. The number of aromatic nitrogens is 2. The third-order valence-electron chi connectivity index (χ3n) is 5.43. The number of hydrazone groups is 1. The predicted octanol–water partition coefficient (Wildman–Crippen LogP) is 2.62. The van der Waals surface area contributed by atoms with Gasteiger partial charge in [0.1, 0.15) is 35.0 Å². The molecule has 2 aliphatic heterocycles. The molecule has 164 valence electrons. The van der Waals surface area contributed by atoms with Gasteiger partial charge in [-0.3, -0.25) is 9.00 Å². The summed E-state index contributed by atoms with van der Waals surface area (Å²) in [5, 5.41) is 5.52. The van der Waals surface area contributed by atoms with Gasteiger partial charge in [0.05, 0.1) is 29.3 Å². The van der Waals surface area contributed by atoms with Crippen LogP contribution in [0.2, 0.25) is 0 Å². The third kappa shape index (κ3) is 4.46. The van der Waals surface area contributed by atoms with Gasteiger partial charge in [-0.15, -0.1) is 0 Å². The molecule has 1 fully saturated rings. The summed E-state index contributed by atoms with van der Waals surface area (Å²) in [7, 11) is -1.30. The highest BCUT2D eigenvalue weighted by Gasteiger charge is 2.40. The predicted molar refractivity (Wildman–Crippen MR) is 109 cm³/mol. The smallest absolute Gasteiger partial charge is 0.249 e. The van der Waals surface area contributed by atoms with Crippen LogP contribution in [0.5, 0.6) is 0 Å². The zero-order chi connectivity index (χ0) is 22.1. The van der Waals surface area contributed by atoms with Crippen LogP contribution in [0.3, 0.4) is 0 Å². The molecule has 0 saturated carbocycles. The molecule has 0 N–H and O–H groups in total. The minimum Gasteiger partial charge on any atom is -0.354 e.